The fourth-order valence-electron chi connectivity index (χ4n) is 3.75. The van der Waals surface area contributed by atoms with Gasteiger partial charge in [0.15, 0.2) is 5.65 Å². The van der Waals surface area contributed by atoms with Crippen molar-refractivity contribution in [2.45, 2.75) is 53.4 Å². The molecule has 0 radical (unpaired) electrons. The average molecular weight is 428 g/mol. The monoisotopic (exact) mass is 427 g/mol. The number of hydrogen-bond acceptors (Lipinski definition) is 4. The van der Waals surface area contributed by atoms with E-state index in [0.717, 1.165) is 46.6 Å². The SMILES string of the molecule is CCc1ccc(Cl)c(CC)c1NC(=O)CCc1c(C)nc2c(C(N)=O)cnn2c1C. The van der Waals surface area contributed by atoms with Crippen molar-refractivity contribution < 1.29 is 9.59 Å². The maximum absolute atomic E-state index is 12.8. The first-order valence-corrected chi connectivity index (χ1v) is 10.4. The van der Waals surface area contributed by atoms with Crippen LogP contribution in [-0.4, -0.2) is 26.4 Å². The van der Waals surface area contributed by atoms with Gasteiger partial charge >= 0.3 is 0 Å². The maximum atomic E-state index is 12.8. The summed E-state index contributed by atoms with van der Waals surface area (Å²) in [4.78, 5) is 28.8. The van der Waals surface area contributed by atoms with E-state index >= 15 is 0 Å². The summed E-state index contributed by atoms with van der Waals surface area (Å²) in [6.45, 7) is 7.83. The molecule has 0 aliphatic rings. The Labute approximate surface area is 180 Å². The summed E-state index contributed by atoms with van der Waals surface area (Å²) in [6, 6.07) is 3.84. The lowest BCUT2D eigenvalue weighted by atomic mass is 10.0. The van der Waals surface area contributed by atoms with Crippen LogP contribution in [-0.2, 0) is 24.1 Å². The number of anilines is 1. The van der Waals surface area contributed by atoms with Crippen molar-refractivity contribution in [3.05, 3.63) is 57.0 Å². The lowest BCUT2D eigenvalue weighted by Gasteiger charge is -2.16. The van der Waals surface area contributed by atoms with Crippen LogP contribution in [0.4, 0.5) is 5.69 Å². The molecule has 0 aliphatic carbocycles. The smallest absolute Gasteiger partial charge is 0.254 e. The van der Waals surface area contributed by atoms with Crippen molar-refractivity contribution in [2.24, 2.45) is 5.73 Å². The minimum atomic E-state index is -0.566. The Balaban J connectivity index is 1.83. The Hall–Kier alpha value is -2.93. The molecule has 0 atom stereocenters. The molecular weight excluding hydrogens is 402 g/mol. The zero-order valence-electron chi connectivity index (χ0n) is 17.7. The van der Waals surface area contributed by atoms with Gasteiger partial charge in [-0.05, 0) is 55.9 Å². The number of carbonyl (C=O) groups is 2. The van der Waals surface area contributed by atoms with Gasteiger partial charge in [0.25, 0.3) is 5.91 Å². The number of aryl methyl sites for hydroxylation is 3. The molecule has 8 heteroatoms. The van der Waals surface area contributed by atoms with Crippen molar-refractivity contribution >= 4 is 34.7 Å². The van der Waals surface area contributed by atoms with E-state index in [9.17, 15) is 9.59 Å². The summed E-state index contributed by atoms with van der Waals surface area (Å²) >= 11 is 6.33. The molecule has 0 saturated heterocycles. The van der Waals surface area contributed by atoms with E-state index in [1.165, 1.54) is 6.20 Å². The lowest BCUT2D eigenvalue weighted by molar-refractivity contribution is -0.116. The predicted molar refractivity (Wildman–Crippen MR) is 118 cm³/mol. The first kappa shape index (κ1) is 21.8. The van der Waals surface area contributed by atoms with Gasteiger partial charge in [-0.1, -0.05) is 31.5 Å². The van der Waals surface area contributed by atoms with Crippen molar-refractivity contribution in [1.29, 1.82) is 0 Å². The summed E-state index contributed by atoms with van der Waals surface area (Å²) in [5.41, 5.74) is 11.5. The van der Waals surface area contributed by atoms with E-state index < -0.39 is 5.91 Å². The quantitative estimate of drug-likeness (QED) is 0.598. The van der Waals surface area contributed by atoms with Crippen molar-refractivity contribution in [1.82, 2.24) is 14.6 Å². The van der Waals surface area contributed by atoms with Gasteiger partial charge in [0.1, 0.15) is 5.56 Å². The standard InChI is InChI=1S/C22H26ClN5O2/c1-5-14-7-9-18(23)15(6-2)20(14)27-19(29)10-8-16-12(3)26-22-17(21(24)30)11-25-28(22)13(16)4/h7,9,11H,5-6,8,10H2,1-4H3,(H2,24,30)(H,27,29). The minimum absolute atomic E-state index is 0.0844. The number of nitrogens with two attached hydrogens (primary N) is 1. The van der Waals surface area contributed by atoms with Gasteiger partial charge in [0, 0.05) is 28.5 Å². The molecule has 0 spiro atoms. The number of aromatic nitrogens is 3. The largest absolute Gasteiger partial charge is 0.365 e. The van der Waals surface area contributed by atoms with Crippen LogP contribution in [0.5, 0.6) is 0 Å². The summed E-state index contributed by atoms with van der Waals surface area (Å²) in [5, 5.41) is 7.95. The first-order chi connectivity index (χ1) is 14.3. The molecule has 2 heterocycles. The van der Waals surface area contributed by atoms with Crippen LogP contribution >= 0.6 is 11.6 Å². The molecule has 1 aromatic carbocycles. The highest BCUT2D eigenvalue weighted by Crippen LogP contribution is 2.30. The Morgan fingerprint density at radius 1 is 1.17 bits per heavy atom. The molecule has 0 unspecified atom stereocenters. The number of benzene rings is 1. The van der Waals surface area contributed by atoms with Crippen LogP contribution in [0.1, 0.15) is 58.7 Å². The first-order valence-electron chi connectivity index (χ1n) is 10.0. The number of primary amides is 1. The predicted octanol–water partition coefficient (Wildman–Crippen LogP) is 3.79. The number of carbonyl (C=O) groups excluding carboxylic acids is 2. The molecule has 30 heavy (non-hydrogen) atoms. The van der Waals surface area contributed by atoms with Crippen LogP contribution in [0.3, 0.4) is 0 Å². The number of fused-ring (bicyclic) bond motifs is 1. The van der Waals surface area contributed by atoms with Crippen LogP contribution in [0.25, 0.3) is 5.65 Å². The van der Waals surface area contributed by atoms with Gasteiger partial charge < -0.3 is 11.1 Å². The summed E-state index contributed by atoms with van der Waals surface area (Å²) in [5.74, 6) is -0.651. The molecule has 0 bridgehead atoms. The number of halogens is 1. The fourth-order valence-corrected chi connectivity index (χ4v) is 4.05. The highest BCUT2D eigenvalue weighted by Gasteiger charge is 2.18. The Morgan fingerprint density at radius 3 is 2.53 bits per heavy atom. The fraction of sp³-hybridized carbons (Fsp3) is 0.364. The topological polar surface area (TPSA) is 102 Å². The van der Waals surface area contributed by atoms with Gasteiger partial charge in [-0.3, -0.25) is 9.59 Å². The van der Waals surface area contributed by atoms with Crippen LogP contribution in [0.15, 0.2) is 18.3 Å². The summed E-state index contributed by atoms with van der Waals surface area (Å²) in [7, 11) is 0. The van der Waals surface area contributed by atoms with Crippen LogP contribution in [0, 0.1) is 13.8 Å². The second-order valence-corrected chi connectivity index (χ2v) is 7.64. The zero-order chi connectivity index (χ0) is 22.0. The molecule has 7 nitrogen and oxygen atoms in total. The van der Waals surface area contributed by atoms with Gasteiger partial charge in [0.05, 0.1) is 6.20 Å². The molecular formula is C22H26ClN5O2. The third kappa shape index (κ3) is 4.03. The van der Waals surface area contributed by atoms with E-state index in [2.05, 4.69) is 22.3 Å². The van der Waals surface area contributed by atoms with Crippen molar-refractivity contribution in [3.63, 3.8) is 0 Å². The number of nitrogens with one attached hydrogen (secondary N) is 1. The minimum Gasteiger partial charge on any atom is -0.365 e. The molecule has 0 fully saturated rings. The zero-order valence-corrected chi connectivity index (χ0v) is 18.4. The van der Waals surface area contributed by atoms with Crippen molar-refractivity contribution in [2.75, 3.05) is 5.32 Å². The van der Waals surface area contributed by atoms with Crippen LogP contribution < -0.4 is 11.1 Å². The second-order valence-electron chi connectivity index (χ2n) is 7.23. The van der Waals surface area contributed by atoms with Gasteiger partial charge in [-0.25, -0.2) is 9.50 Å². The average Bonchev–Trinajstić information content (AvgIpc) is 3.12. The molecule has 0 aliphatic heterocycles. The summed E-state index contributed by atoms with van der Waals surface area (Å²) < 4.78 is 1.60. The number of nitrogens with zero attached hydrogens (tertiary/aromatic N) is 3. The van der Waals surface area contributed by atoms with E-state index in [-0.39, 0.29) is 17.9 Å². The van der Waals surface area contributed by atoms with E-state index in [4.69, 9.17) is 17.3 Å². The Kier molecular flexibility index (Phi) is 6.41. The third-order valence-corrected chi connectivity index (χ3v) is 5.77. The molecule has 3 N–H and O–H groups in total. The van der Waals surface area contributed by atoms with Gasteiger partial charge in [0.2, 0.25) is 5.91 Å². The lowest BCUT2D eigenvalue weighted by Crippen LogP contribution is -2.17. The third-order valence-electron chi connectivity index (χ3n) is 5.42. The molecule has 2 aromatic heterocycles. The maximum Gasteiger partial charge on any atom is 0.254 e. The molecule has 158 valence electrons. The van der Waals surface area contributed by atoms with Gasteiger partial charge in [-0.2, -0.15) is 5.10 Å². The summed E-state index contributed by atoms with van der Waals surface area (Å²) in [6.07, 6.45) is 3.76. The highest BCUT2D eigenvalue weighted by molar-refractivity contribution is 6.32. The van der Waals surface area contributed by atoms with Crippen LogP contribution in [0.2, 0.25) is 5.02 Å². The Morgan fingerprint density at radius 2 is 1.90 bits per heavy atom. The van der Waals surface area contributed by atoms with Gasteiger partial charge in [-0.15, -0.1) is 0 Å². The molecule has 2 amide bonds. The van der Waals surface area contributed by atoms with E-state index in [1.807, 2.05) is 32.9 Å². The molecule has 0 saturated carbocycles. The highest BCUT2D eigenvalue weighted by atomic mass is 35.5. The second kappa shape index (κ2) is 8.83. The Bertz CT molecular complexity index is 1140. The molecule has 3 aromatic rings. The molecule has 3 rings (SSSR count). The number of rotatable bonds is 7. The van der Waals surface area contributed by atoms with E-state index in [1.54, 1.807) is 4.52 Å². The number of amides is 2. The van der Waals surface area contributed by atoms with E-state index in [0.29, 0.717) is 17.1 Å². The number of hydrogen-bond donors (Lipinski definition) is 2. The normalized spacial score (nSPS) is 11.1. The van der Waals surface area contributed by atoms with Crippen molar-refractivity contribution in [3.8, 4) is 0 Å².